The Balaban J connectivity index is 2.27. The van der Waals surface area contributed by atoms with Crippen LogP contribution in [-0.4, -0.2) is 29.9 Å². The van der Waals surface area contributed by atoms with Gasteiger partial charge >= 0.3 is 0 Å². The van der Waals surface area contributed by atoms with E-state index in [2.05, 4.69) is 10.4 Å². The number of nitrogens with zero attached hydrogens (tertiary/aromatic N) is 2. The third-order valence-corrected chi connectivity index (χ3v) is 3.14. The van der Waals surface area contributed by atoms with Crippen molar-refractivity contribution in [3.63, 3.8) is 0 Å². The molecule has 0 spiro atoms. The topological polar surface area (TPSA) is 65.4 Å². The van der Waals surface area contributed by atoms with Gasteiger partial charge in [0.1, 0.15) is 11.5 Å². The number of aromatic nitrogens is 2. The second kappa shape index (κ2) is 5.64. The molecule has 0 saturated heterocycles. The summed E-state index contributed by atoms with van der Waals surface area (Å²) in [4.78, 5) is 12.3. The van der Waals surface area contributed by atoms with Crippen LogP contribution < -0.4 is 14.8 Å². The molecule has 1 N–H and O–H groups in total. The van der Waals surface area contributed by atoms with Crippen molar-refractivity contribution in [3.05, 3.63) is 35.7 Å². The smallest absolute Gasteiger partial charge is 0.259 e. The number of hydrogen-bond donors (Lipinski definition) is 1. The van der Waals surface area contributed by atoms with Gasteiger partial charge in [-0.1, -0.05) is 0 Å². The first-order chi connectivity index (χ1) is 9.56. The summed E-state index contributed by atoms with van der Waals surface area (Å²) >= 11 is 0. The van der Waals surface area contributed by atoms with Gasteiger partial charge < -0.3 is 14.8 Å². The summed E-state index contributed by atoms with van der Waals surface area (Å²) in [6.45, 7) is 1.88. The minimum absolute atomic E-state index is 0.249. The Bertz CT molecular complexity index is 635. The van der Waals surface area contributed by atoms with Gasteiger partial charge in [-0.3, -0.25) is 9.48 Å². The Morgan fingerprint density at radius 2 is 2.05 bits per heavy atom. The molecular weight excluding hydrogens is 258 g/mol. The average Bonchev–Trinajstić information content (AvgIpc) is 2.78. The number of carbonyl (C=O) groups is 1. The standard InChI is InChI=1S/C14H17N3O3/c1-9-12(8-15-17(9)2)16-14(18)11-6-5-10(19-3)7-13(11)20-4/h5-8H,1-4H3,(H,16,18). The van der Waals surface area contributed by atoms with Crippen LogP contribution in [0.3, 0.4) is 0 Å². The first-order valence-corrected chi connectivity index (χ1v) is 6.08. The number of amides is 1. The number of anilines is 1. The Hall–Kier alpha value is -2.50. The van der Waals surface area contributed by atoms with Crippen molar-refractivity contribution >= 4 is 11.6 Å². The molecule has 0 unspecified atom stereocenters. The molecule has 0 atom stereocenters. The summed E-state index contributed by atoms with van der Waals surface area (Å²) in [6.07, 6.45) is 1.61. The molecule has 0 radical (unpaired) electrons. The van der Waals surface area contributed by atoms with Crippen molar-refractivity contribution in [3.8, 4) is 11.5 Å². The van der Waals surface area contributed by atoms with E-state index in [1.807, 2.05) is 14.0 Å². The van der Waals surface area contributed by atoms with E-state index in [9.17, 15) is 4.79 Å². The predicted molar refractivity (Wildman–Crippen MR) is 75.4 cm³/mol. The van der Waals surface area contributed by atoms with Crippen molar-refractivity contribution in [2.75, 3.05) is 19.5 Å². The van der Waals surface area contributed by atoms with Crippen LogP contribution in [0.2, 0.25) is 0 Å². The second-order valence-electron chi connectivity index (χ2n) is 4.29. The molecule has 1 aromatic heterocycles. The molecule has 2 aromatic rings. The first-order valence-electron chi connectivity index (χ1n) is 6.08. The van der Waals surface area contributed by atoms with Crippen molar-refractivity contribution in [2.45, 2.75) is 6.92 Å². The van der Waals surface area contributed by atoms with Gasteiger partial charge in [0.25, 0.3) is 5.91 Å². The van der Waals surface area contributed by atoms with E-state index < -0.39 is 0 Å². The molecule has 1 heterocycles. The zero-order valence-electron chi connectivity index (χ0n) is 11.9. The molecule has 1 aromatic carbocycles. The van der Waals surface area contributed by atoms with Crippen LogP contribution in [0, 0.1) is 6.92 Å². The normalized spacial score (nSPS) is 10.2. The number of hydrogen-bond acceptors (Lipinski definition) is 4. The summed E-state index contributed by atoms with van der Waals surface area (Å²) in [6, 6.07) is 5.05. The SMILES string of the molecule is COc1ccc(C(=O)Nc2cnn(C)c2C)c(OC)c1. The fourth-order valence-electron chi connectivity index (χ4n) is 1.80. The van der Waals surface area contributed by atoms with Gasteiger partial charge in [0.15, 0.2) is 0 Å². The lowest BCUT2D eigenvalue weighted by Gasteiger charge is -2.10. The number of nitrogens with one attached hydrogen (secondary N) is 1. The zero-order chi connectivity index (χ0) is 14.7. The highest BCUT2D eigenvalue weighted by molar-refractivity contribution is 6.06. The van der Waals surface area contributed by atoms with E-state index in [1.165, 1.54) is 7.11 Å². The largest absolute Gasteiger partial charge is 0.497 e. The number of methoxy groups -OCH3 is 2. The fourth-order valence-corrected chi connectivity index (χ4v) is 1.80. The molecule has 0 bridgehead atoms. The lowest BCUT2D eigenvalue weighted by atomic mass is 10.1. The van der Waals surface area contributed by atoms with Gasteiger partial charge in [-0.05, 0) is 19.1 Å². The maximum Gasteiger partial charge on any atom is 0.259 e. The molecule has 0 saturated carbocycles. The highest BCUT2D eigenvalue weighted by Gasteiger charge is 2.15. The molecule has 0 fully saturated rings. The molecule has 0 aliphatic rings. The van der Waals surface area contributed by atoms with Crippen LogP contribution in [0.25, 0.3) is 0 Å². The van der Waals surface area contributed by atoms with Crippen molar-refractivity contribution in [2.24, 2.45) is 7.05 Å². The van der Waals surface area contributed by atoms with Gasteiger partial charge in [0, 0.05) is 13.1 Å². The average molecular weight is 275 g/mol. The highest BCUT2D eigenvalue weighted by Crippen LogP contribution is 2.25. The van der Waals surface area contributed by atoms with E-state index in [1.54, 1.807) is 36.2 Å². The van der Waals surface area contributed by atoms with Crippen molar-refractivity contribution in [1.29, 1.82) is 0 Å². The quantitative estimate of drug-likeness (QED) is 0.926. The van der Waals surface area contributed by atoms with Crippen LogP contribution in [0.5, 0.6) is 11.5 Å². The van der Waals surface area contributed by atoms with Gasteiger partial charge in [-0.15, -0.1) is 0 Å². The van der Waals surface area contributed by atoms with Gasteiger partial charge in [0.2, 0.25) is 0 Å². The van der Waals surface area contributed by atoms with Gasteiger partial charge in [-0.2, -0.15) is 5.10 Å². The predicted octanol–water partition coefficient (Wildman–Crippen LogP) is 2.00. The highest BCUT2D eigenvalue weighted by atomic mass is 16.5. The fraction of sp³-hybridized carbons (Fsp3) is 0.286. The number of carbonyl (C=O) groups excluding carboxylic acids is 1. The number of benzene rings is 1. The minimum atomic E-state index is -0.249. The van der Waals surface area contributed by atoms with E-state index in [-0.39, 0.29) is 5.91 Å². The monoisotopic (exact) mass is 275 g/mol. The third kappa shape index (κ3) is 2.59. The molecule has 1 amide bonds. The zero-order valence-corrected chi connectivity index (χ0v) is 11.9. The van der Waals surface area contributed by atoms with Crippen LogP contribution >= 0.6 is 0 Å². The summed E-state index contributed by atoms with van der Waals surface area (Å²) in [5, 5.41) is 6.90. The molecule has 0 aliphatic carbocycles. The number of aryl methyl sites for hydroxylation is 1. The first kappa shape index (κ1) is 13.9. The summed E-state index contributed by atoms with van der Waals surface area (Å²) < 4.78 is 12.0. The molecule has 0 aliphatic heterocycles. The third-order valence-electron chi connectivity index (χ3n) is 3.14. The van der Waals surface area contributed by atoms with E-state index in [0.717, 1.165) is 5.69 Å². The maximum atomic E-state index is 12.3. The molecule has 20 heavy (non-hydrogen) atoms. The molecule has 2 rings (SSSR count). The molecule has 106 valence electrons. The Labute approximate surface area is 117 Å². The minimum Gasteiger partial charge on any atom is -0.497 e. The van der Waals surface area contributed by atoms with Crippen molar-refractivity contribution < 1.29 is 14.3 Å². The van der Waals surface area contributed by atoms with Crippen LogP contribution in [0.1, 0.15) is 16.1 Å². The molecular formula is C14H17N3O3. The van der Waals surface area contributed by atoms with Crippen LogP contribution in [0.4, 0.5) is 5.69 Å². The van der Waals surface area contributed by atoms with Gasteiger partial charge in [0.05, 0.1) is 37.4 Å². The molecule has 6 heteroatoms. The Morgan fingerprint density at radius 3 is 2.60 bits per heavy atom. The Kier molecular flexibility index (Phi) is 3.93. The van der Waals surface area contributed by atoms with E-state index in [4.69, 9.17) is 9.47 Å². The van der Waals surface area contributed by atoms with Crippen LogP contribution in [0.15, 0.2) is 24.4 Å². The van der Waals surface area contributed by atoms with Crippen molar-refractivity contribution in [1.82, 2.24) is 9.78 Å². The lowest BCUT2D eigenvalue weighted by Crippen LogP contribution is -2.13. The van der Waals surface area contributed by atoms with E-state index in [0.29, 0.717) is 22.7 Å². The summed E-state index contributed by atoms with van der Waals surface area (Å²) in [5.74, 6) is 0.847. The molecule has 6 nitrogen and oxygen atoms in total. The van der Waals surface area contributed by atoms with Gasteiger partial charge in [-0.25, -0.2) is 0 Å². The summed E-state index contributed by atoms with van der Waals surface area (Å²) in [5.41, 5.74) is 2.00. The Morgan fingerprint density at radius 1 is 1.30 bits per heavy atom. The lowest BCUT2D eigenvalue weighted by molar-refractivity contribution is 0.102. The maximum absolute atomic E-state index is 12.3. The number of ether oxygens (including phenoxy) is 2. The summed E-state index contributed by atoms with van der Waals surface area (Å²) in [7, 11) is 4.90. The van der Waals surface area contributed by atoms with Crippen LogP contribution in [-0.2, 0) is 7.05 Å². The number of rotatable bonds is 4. The van der Waals surface area contributed by atoms with E-state index >= 15 is 0 Å². The second-order valence-corrected chi connectivity index (χ2v) is 4.29.